The van der Waals surface area contributed by atoms with E-state index in [1.54, 1.807) is 0 Å². The second-order valence-corrected chi connectivity index (χ2v) is 6.10. The Morgan fingerprint density at radius 2 is 1.76 bits per heavy atom. The zero-order chi connectivity index (χ0) is 15.4. The molecule has 0 fully saturated rings. The molecule has 1 N–H and O–H groups in total. The van der Waals surface area contributed by atoms with Crippen LogP contribution in [0.3, 0.4) is 0 Å². The molecule has 0 aromatic heterocycles. The lowest BCUT2D eigenvalue weighted by molar-refractivity contribution is 0.466. The molecule has 3 heteroatoms. The van der Waals surface area contributed by atoms with Gasteiger partial charge in [-0.3, -0.25) is 0 Å². The van der Waals surface area contributed by atoms with Gasteiger partial charge in [0.25, 0.3) is 0 Å². The number of hydrogen-bond acceptors (Lipinski definition) is 2. The van der Waals surface area contributed by atoms with E-state index in [0.717, 1.165) is 34.2 Å². The number of benzene rings is 2. The van der Waals surface area contributed by atoms with Crippen molar-refractivity contribution in [3.63, 3.8) is 0 Å². The summed E-state index contributed by atoms with van der Waals surface area (Å²) in [6.07, 6.45) is 0. The molecule has 0 aliphatic rings. The topological polar surface area (TPSA) is 21.3 Å². The molecule has 0 amide bonds. The molecular weight excluding hydrogens is 282 g/mol. The van der Waals surface area contributed by atoms with Crippen LogP contribution in [-0.2, 0) is 6.54 Å². The van der Waals surface area contributed by atoms with Crippen molar-refractivity contribution in [3.8, 4) is 11.5 Å². The van der Waals surface area contributed by atoms with Gasteiger partial charge in [-0.1, -0.05) is 43.1 Å². The van der Waals surface area contributed by atoms with Crippen molar-refractivity contribution in [3.05, 3.63) is 58.1 Å². The Morgan fingerprint density at radius 1 is 1.05 bits per heavy atom. The highest BCUT2D eigenvalue weighted by Gasteiger charge is 2.08. The monoisotopic (exact) mass is 303 g/mol. The lowest BCUT2D eigenvalue weighted by Gasteiger charge is -2.15. The maximum absolute atomic E-state index is 6.08. The number of ether oxygens (including phenoxy) is 1. The molecule has 0 unspecified atom stereocenters. The van der Waals surface area contributed by atoms with Crippen molar-refractivity contribution in [1.29, 1.82) is 0 Å². The van der Waals surface area contributed by atoms with Gasteiger partial charge in [0.1, 0.15) is 11.5 Å². The Labute approximate surface area is 132 Å². The largest absolute Gasteiger partial charge is 0.457 e. The second-order valence-electron chi connectivity index (χ2n) is 5.66. The number of nitrogens with one attached hydrogen (secondary N) is 1. The van der Waals surface area contributed by atoms with Gasteiger partial charge in [-0.05, 0) is 43.7 Å². The number of aryl methyl sites for hydroxylation is 2. The molecule has 2 aromatic carbocycles. The summed E-state index contributed by atoms with van der Waals surface area (Å²) in [4.78, 5) is 0. The molecule has 0 aliphatic carbocycles. The van der Waals surface area contributed by atoms with Crippen molar-refractivity contribution < 1.29 is 4.74 Å². The molecule has 112 valence electrons. The van der Waals surface area contributed by atoms with Crippen LogP contribution in [0.4, 0.5) is 0 Å². The van der Waals surface area contributed by atoms with E-state index in [1.807, 2.05) is 31.2 Å². The Morgan fingerprint density at radius 3 is 2.43 bits per heavy atom. The third-order valence-electron chi connectivity index (χ3n) is 3.27. The molecule has 2 nitrogen and oxygen atoms in total. The molecule has 0 atom stereocenters. The first-order valence-corrected chi connectivity index (χ1v) is 7.60. The van der Waals surface area contributed by atoms with E-state index in [1.165, 1.54) is 5.56 Å². The number of halogens is 1. The van der Waals surface area contributed by atoms with Crippen LogP contribution in [0.15, 0.2) is 36.4 Å². The molecule has 0 saturated heterocycles. The van der Waals surface area contributed by atoms with E-state index >= 15 is 0 Å². The van der Waals surface area contributed by atoms with Crippen LogP contribution in [0.25, 0.3) is 0 Å². The minimum absolute atomic E-state index is 0.440. The third kappa shape index (κ3) is 4.48. The van der Waals surface area contributed by atoms with E-state index < -0.39 is 0 Å². The Balaban J connectivity index is 2.26. The van der Waals surface area contributed by atoms with E-state index in [-0.39, 0.29) is 0 Å². The Bertz CT molecular complexity index is 623. The second kappa shape index (κ2) is 6.97. The van der Waals surface area contributed by atoms with E-state index in [4.69, 9.17) is 16.3 Å². The molecule has 2 rings (SSSR count). The first kappa shape index (κ1) is 15.9. The van der Waals surface area contributed by atoms with Gasteiger partial charge in [0.15, 0.2) is 0 Å². The van der Waals surface area contributed by atoms with Crippen LogP contribution in [0.2, 0.25) is 5.02 Å². The highest BCUT2D eigenvalue weighted by Crippen LogP contribution is 2.30. The summed E-state index contributed by atoms with van der Waals surface area (Å²) in [5, 5.41) is 4.17. The molecule has 0 radical (unpaired) electrons. The van der Waals surface area contributed by atoms with Gasteiger partial charge >= 0.3 is 0 Å². The normalized spacial score (nSPS) is 11.0. The van der Waals surface area contributed by atoms with Crippen molar-refractivity contribution in [2.24, 2.45) is 0 Å². The van der Waals surface area contributed by atoms with Crippen LogP contribution in [0, 0.1) is 13.8 Å². The Hall–Kier alpha value is -1.51. The maximum Gasteiger partial charge on any atom is 0.131 e. The fourth-order valence-electron chi connectivity index (χ4n) is 2.11. The molecule has 0 aliphatic heterocycles. The zero-order valence-corrected chi connectivity index (χ0v) is 13.8. The smallest absolute Gasteiger partial charge is 0.131 e. The van der Waals surface area contributed by atoms with Crippen molar-refractivity contribution in [1.82, 2.24) is 5.32 Å². The predicted octanol–water partition coefficient (Wildman–Crippen LogP) is 5.25. The van der Waals surface area contributed by atoms with Crippen LogP contribution in [-0.4, -0.2) is 6.04 Å². The van der Waals surface area contributed by atoms with Crippen LogP contribution >= 0.6 is 11.6 Å². The van der Waals surface area contributed by atoms with Gasteiger partial charge in [0.05, 0.1) is 0 Å². The summed E-state index contributed by atoms with van der Waals surface area (Å²) < 4.78 is 6.08. The van der Waals surface area contributed by atoms with Crippen LogP contribution in [0.5, 0.6) is 11.5 Å². The SMILES string of the molecule is Cc1ccc(Oc2ccc(Cl)cc2C)c(CNC(C)C)c1. The quantitative estimate of drug-likeness (QED) is 0.815. The van der Waals surface area contributed by atoms with Gasteiger partial charge < -0.3 is 10.1 Å². The molecule has 0 heterocycles. The first-order chi connectivity index (χ1) is 9.95. The van der Waals surface area contributed by atoms with E-state index in [0.29, 0.717) is 6.04 Å². The average molecular weight is 304 g/mol. The van der Waals surface area contributed by atoms with E-state index in [9.17, 15) is 0 Å². The highest BCUT2D eigenvalue weighted by molar-refractivity contribution is 6.30. The lowest BCUT2D eigenvalue weighted by atomic mass is 10.1. The average Bonchev–Trinajstić information content (AvgIpc) is 2.41. The summed E-state index contributed by atoms with van der Waals surface area (Å²) in [5.74, 6) is 1.73. The number of rotatable bonds is 5. The molecule has 2 aromatic rings. The predicted molar refractivity (Wildman–Crippen MR) is 89.4 cm³/mol. The minimum atomic E-state index is 0.440. The zero-order valence-electron chi connectivity index (χ0n) is 13.0. The highest BCUT2D eigenvalue weighted by atomic mass is 35.5. The summed E-state index contributed by atoms with van der Waals surface area (Å²) >= 11 is 5.99. The van der Waals surface area contributed by atoms with Gasteiger partial charge in [0, 0.05) is 23.2 Å². The van der Waals surface area contributed by atoms with Crippen LogP contribution in [0.1, 0.15) is 30.5 Å². The van der Waals surface area contributed by atoms with Crippen molar-refractivity contribution >= 4 is 11.6 Å². The molecule has 0 spiro atoms. The Kier molecular flexibility index (Phi) is 5.27. The first-order valence-electron chi connectivity index (χ1n) is 7.22. The van der Waals surface area contributed by atoms with Crippen molar-refractivity contribution in [2.75, 3.05) is 0 Å². The van der Waals surface area contributed by atoms with Gasteiger partial charge in [0.2, 0.25) is 0 Å². The standard InChI is InChI=1S/C18H22ClNO/c1-12(2)20-11-15-9-13(3)5-7-18(15)21-17-8-6-16(19)10-14(17)4/h5-10,12,20H,11H2,1-4H3. The molecule has 21 heavy (non-hydrogen) atoms. The summed E-state index contributed by atoms with van der Waals surface area (Å²) in [5.41, 5.74) is 3.43. The van der Waals surface area contributed by atoms with E-state index in [2.05, 4.69) is 38.2 Å². The lowest BCUT2D eigenvalue weighted by Crippen LogP contribution is -2.22. The summed E-state index contributed by atoms with van der Waals surface area (Å²) in [6, 6.07) is 12.4. The van der Waals surface area contributed by atoms with Crippen molar-refractivity contribution in [2.45, 2.75) is 40.3 Å². The third-order valence-corrected chi connectivity index (χ3v) is 3.51. The van der Waals surface area contributed by atoms with Gasteiger partial charge in [-0.25, -0.2) is 0 Å². The number of hydrogen-bond donors (Lipinski definition) is 1. The van der Waals surface area contributed by atoms with Gasteiger partial charge in [-0.2, -0.15) is 0 Å². The summed E-state index contributed by atoms with van der Waals surface area (Å²) in [7, 11) is 0. The molecule has 0 bridgehead atoms. The maximum atomic E-state index is 6.08. The minimum Gasteiger partial charge on any atom is -0.457 e. The fraction of sp³-hybridized carbons (Fsp3) is 0.333. The molecular formula is C18H22ClNO. The summed E-state index contributed by atoms with van der Waals surface area (Å²) in [6.45, 7) is 9.16. The molecule has 0 saturated carbocycles. The van der Waals surface area contributed by atoms with Gasteiger partial charge in [-0.15, -0.1) is 0 Å². The van der Waals surface area contributed by atoms with Crippen LogP contribution < -0.4 is 10.1 Å². The fourth-order valence-corrected chi connectivity index (χ4v) is 2.33.